The molecule has 3 aromatic carbocycles. The van der Waals surface area contributed by atoms with Gasteiger partial charge in [-0.15, -0.1) is 0 Å². The summed E-state index contributed by atoms with van der Waals surface area (Å²) in [7, 11) is -3.74. The molecule has 0 radical (unpaired) electrons. The maximum absolute atomic E-state index is 13.8. The molecule has 0 aromatic heterocycles. The number of likely N-dealkylation sites (N-methyl/N-ethyl adjacent to an activating group) is 1. The first kappa shape index (κ1) is 33.0. The van der Waals surface area contributed by atoms with Gasteiger partial charge in [-0.3, -0.25) is 13.9 Å². The van der Waals surface area contributed by atoms with Crippen LogP contribution in [0.5, 0.6) is 0 Å². The zero-order valence-corrected chi connectivity index (χ0v) is 26.5. The molecule has 0 saturated heterocycles. The lowest BCUT2D eigenvalue weighted by Gasteiger charge is -2.32. The Balaban J connectivity index is 1.91. The van der Waals surface area contributed by atoms with Crippen LogP contribution in [0.1, 0.15) is 30.9 Å². The number of carbonyl (C=O) groups is 2. The molecule has 0 saturated carbocycles. The molecule has 0 fully saturated rings. The number of amides is 2. The van der Waals surface area contributed by atoms with E-state index in [0.717, 1.165) is 16.1 Å². The number of sulfonamides is 1. The lowest BCUT2D eigenvalue weighted by Crippen LogP contribution is -2.50. The Morgan fingerprint density at radius 3 is 2.20 bits per heavy atom. The van der Waals surface area contributed by atoms with Crippen molar-refractivity contribution < 1.29 is 18.0 Å². The highest BCUT2D eigenvalue weighted by atomic mass is 35.5. The predicted octanol–water partition coefficient (Wildman–Crippen LogP) is 6.62. The molecule has 0 spiro atoms. The zero-order valence-electron chi connectivity index (χ0n) is 22.6. The molecule has 41 heavy (non-hydrogen) atoms. The van der Waals surface area contributed by atoms with Gasteiger partial charge in [0.2, 0.25) is 21.8 Å². The fourth-order valence-electron chi connectivity index (χ4n) is 4.34. The second kappa shape index (κ2) is 15.1. The number of nitrogens with one attached hydrogen (secondary N) is 1. The number of anilines is 1. The van der Waals surface area contributed by atoms with Crippen molar-refractivity contribution >= 4 is 73.9 Å². The van der Waals surface area contributed by atoms with Crippen LogP contribution in [0.4, 0.5) is 5.69 Å². The van der Waals surface area contributed by atoms with Crippen LogP contribution >= 0.6 is 46.4 Å². The van der Waals surface area contributed by atoms with Gasteiger partial charge in [0, 0.05) is 47.5 Å². The number of benzene rings is 3. The molecule has 0 aliphatic heterocycles. The van der Waals surface area contributed by atoms with Gasteiger partial charge in [0.05, 0.1) is 17.0 Å². The minimum absolute atomic E-state index is 0.0231. The van der Waals surface area contributed by atoms with Crippen molar-refractivity contribution in [2.45, 2.75) is 38.8 Å². The smallest absolute Gasteiger partial charge is 0.243 e. The average molecular weight is 659 g/mol. The van der Waals surface area contributed by atoms with E-state index < -0.39 is 16.1 Å². The minimum Gasteiger partial charge on any atom is -0.355 e. The first-order valence-electron chi connectivity index (χ1n) is 12.9. The molecule has 1 N–H and O–H groups in total. The summed E-state index contributed by atoms with van der Waals surface area (Å²) in [5.74, 6) is -0.646. The minimum atomic E-state index is -3.74. The molecule has 0 aliphatic rings. The zero-order chi connectivity index (χ0) is 30.2. The molecular weight excluding hydrogens is 628 g/mol. The first-order chi connectivity index (χ1) is 19.4. The van der Waals surface area contributed by atoms with Crippen molar-refractivity contribution in [3.05, 3.63) is 97.9 Å². The molecule has 1 atom stereocenters. The number of hydrogen-bond donors (Lipinski definition) is 1. The number of halogens is 4. The first-order valence-corrected chi connectivity index (χ1v) is 16.2. The maximum atomic E-state index is 13.8. The largest absolute Gasteiger partial charge is 0.355 e. The van der Waals surface area contributed by atoms with E-state index in [1.807, 2.05) is 30.3 Å². The van der Waals surface area contributed by atoms with E-state index in [9.17, 15) is 18.0 Å². The Morgan fingerprint density at radius 2 is 1.56 bits per heavy atom. The molecule has 0 aliphatic carbocycles. The molecule has 0 unspecified atom stereocenters. The van der Waals surface area contributed by atoms with Crippen LogP contribution in [0.3, 0.4) is 0 Å². The van der Waals surface area contributed by atoms with Gasteiger partial charge in [-0.2, -0.15) is 0 Å². The fourth-order valence-corrected chi connectivity index (χ4v) is 6.21. The lowest BCUT2D eigenvalue weighted by atomic mass is 10.0. The van der Waals surface area contributed by atoms with Gasteiger partial charge in [0.25, 0.3) is 0 Å². The summed E-state index contributed by atoms with van der Waals surface area (Å²) in [5.41, 5.74) is 1.72. The Labute approximate surface area is 261 Å². The SMILES string of the molecule is CCNC(=O)[C@H](Cc1ccccc1)N(Cc1ccc(Cl)cc1Cl)C(=O)CCCN(c1cc(Cl)ccc1Cl)S(C)(=O)=O. The molecule has 220 valence electrons. The van der Waals surface area contributed by atoms with E-state index in [2.05, 4.69) is 5.32 Å². The van der Waals surface area contributed by atoms with Crippen molar-refractivity contribution in [1.82, 2.24) is 10.2 Å². The molecule has 0 heterocycles. The Kier molecular flexibility index (Phi) is 12.2. The summed E-state index contributed by atoms with van der Waals surface area (Å²) >= 11 is 24.9. The van der Waals surface area contributed by atoms with E-state index in [1.165, 1.54) is 17.0 Å². The van der Waals surface area contributed by atoms with Gasteiger partial charge in [-0.25, -0.2) is 8.42 Å². The van der Waals surface area contributed by atoms with E-state index in [-0.39, 0.29) is 54.9 Å². The number of hydrogen-bond acceptors (Lipinski definition) is 4. The molecule has 12 heteroatoms. The van der Waals surface area contributed by atoms with Gasteiger partial charge in [-0.05, 0) is 54.8 Å². The number of nitrogens with zero attached hydrogens (tertiary/aromatic N) is 2. The summed E-state index contributed by atoms with van der Waals surface area (Å²) < 4.78 is 26.4. The average Bonchev–Trinajstić information content (AvgIpc) is 2.91. The van der Waals surface area contributed by atoms with E-state index in [4.69, 9.17) is 46.4 Å². The third kappa shape index (κ3) is 9.51. The van der Waals surface area contributed by atoms with Crippen molar-refractivity contribution in [2.24, 2.45) is 0 Å². The Hall–Kier alpha value is -2.49. The molecule has 0 bridgehead atoms. The summed E-state index contributed by atoms with van der Waals surface area (Å²) in [6, 6.07) is 18.1. The fraction of sp³-hybridized carbons (Fsp3) is 0.310. The summed E-state index contributed by atoms with van der Waals surface area (Å²) in [6.07, 6.45) is 1.45. The highest BCUT2D eigenvalue weighted by molar-refractivity contribution is 7.92. The van der Waals surface area contributed by atoms with Gasteiger partial charge in [0.1, 0.15) is 6.04 Å². The molecule has 3 rings (SSSR count). The summed E-state index contributed by atoms with van der Waals surface area (Å²) in [6.45, 7) is 2.22. The quantitative estimate of drug-likeness (QED) is 0.224. The van der Waals surface area contributed by atoms with E-state index in [0.29, 0.717) is 27.2 Å². The van der Waals surface area contributed by atoms with Crippen LogP contribution < -0.4 is 9.62 Å². The van der Waals surface area contributed by atoms with Crippen LogP contribution in [-0.4, -0.2) is 50.5 Å². The van der Waals surface area contributed by atoms with E-state index >= 15 is 0 Å². The summed E-state index contributed by atoms with van der Waals surface area (Å²) in [4.78, 5) is 28.6. The topological polar surface area (TPSA) is 86.8 Å². The van der Waals surface area contributed by atoms with E-state index in [1.54, 1.807) is 31.2 Å². The second-order valence-corrected chi connectivity index (χ2v) is 13.0. The summed E-state index contributed by atoms with van der Waals surface area (Å²) in [5, 5.41) is 4.18. The standard InChI is InChI=1S/C29H31Cl4N3O4S/c1-3-34-29(38)27(16-20-8-5-4-6-9-20)35(19-21-11-12-22(30)17-25(21)33)28(37)10-7-15-36(41(2,39)40)26-18-23(31)13-14-24(26)32/h4-6,8-9,11-14,17-18,27H,3,7,10,15-16,19H2,1-2H3,(H,34,38)/t27-/m0/s1. The van der Waals surface area contributed by atoms with Gasteiger partial charge in [0.15, 0.2) is 0 Å². The second-order valence-electron chi connectivity index (χ2n) is 9.39. The van der Waals surface area contributed by atoms with Crippen LogP contribution in [0.2, 0.25) is 20.1 Å². The Morgan fingerprint density at radius 1 is 0.902 bits per heavy atom. The van der Waals surface area contributed by atoms with Gasteiger partial charge < -0.3 is 10.2 Å². The Bertz CT molecular complexity index is 1470. The number of rotatable bonds is 13. The lowest BCUT2D eigenvalue weighted by molar-refractivity contribution is -0.141. The van der Waals surface area contributed by atoms with Crippen LogP contribution in [0.15, 0.2) is 66.7 Å². The molecule has 3 aromatic rings. The van der Waals surface area contributed by atoms with Gasteiger partial charge in [-0.1, -0.05) is 82.8 Å². The molecule has 7 nitrogen and oxygen atoms in total. The third-order valence-electron chi connectivity index (χ3n) is 6.31. The van der Waals surface area contributed by atoms with Crippen molar-refractivity contribution in [1.29, 1.82) is 0 Å². The normalized spacial score (nSPS) is 12.0. The monoisotopic (exact) mass is 657 g/mol. The highest BCUT2D eigenvalue weighted by Crippen LogP contribution is 2.31. The molecule has 2 amide bonds. The van der Waals surface area contributed by atoms with Crippen molar-refractivity contribution in [3.8, 4) is 0 Å². The van der Waals surface area contributed by atoms with Crippen molar-refractivity contribution in [3.63, 3.8) is 0 Å². The maximum Gasteiger partial charge on any atom is 0.243 e. The van der Waals surface area contributed by atoms with Gasteiger partial charge >= 0.3 is 0 Å². The molecular formula is C29H31Cl4N3O4S. The van der Waals surface area contributed by atoms with Crippen LogP contribution in [0, 0.1) is 0 Å². The van der Waals surface area contributed by atoms with Crippen molar-refractivity contribution in [2.75, 3.05) is 23.7 Å². The van der Waals surface area contributed by atoms with Crippen LogP contribution in [0.25, 0.3) is 0 Å². The predicted molar refractivity (Wildman–Crippen MR) is 168 cm³/mol. The number of carbonyl (C=O) groups excluding carboxylic acids is 2. The highest BCUT2D eigenvalue weighted by Gasteiger charge is 2.31. The van der Waals surface area contributed by atoms with Crippen LogP contribution in [-0.2, 0) is 32.6 Å². The third-order valence-corrected chi connectivity index (χ3v) is 8.63.